The smallest absolute Gasteiger partial charge is 0.314 e. The van der Waals surface area contributed by atoms with Crippen LogP contribution in [-0.2, 0) is 18.3 Å². The second kappa shape index (κ2) is 25.4. The van der Waals surface area contributed by atoms with E-state index >= 15 is 0 Å². The highest BCUT2D eigenvalue weighted by atomic mass is 31.1. The molecule has 0 rings (SSSR count). The van der Waals surface area contributed by atoms with Crippen LogP contribution in [-0.4, -0.2) is 39.1 Å². The zero-order chi connectivity index (χ0) is 14.3. The molecule has 0 saturated heterocycles. The fourth-order valence-electron chi connectivity index (χ4n) is 0. The van der Waals surface area contributed by atoms with Gasteiger partial charge in [-0.05, 0) is 0 Å². The Morgan fingerprint density at radius 2 is 0.412 bits per heavy atom. The Kier molecular flexibility index (Phi) is 45.6. The lowest BCUT2D eigenvalue weighted by molar-refractivity contribution is 0.403. The van der Waals surface area contributed by atoms with Gasteiger partial charge in [-0.25, -0.2) is 0 Å². The van der Waals surface area contributed by atoms with Crippen LogP contribution >= 0.6 is 33.0 Å². The molecule has 0 heterocycles. The minimum atomic E-state index is -3.13. The third kappa shape index (κ3) is 11200. The second-order valence-electron chi connectivity index (χ2n) is 1.13. The molecule has 0 atom stereocenters. The molecule has 0 saturated carbocycles. The second-order valence-corrected chi connectivity index (χ2v) is 3.39. The average Bonchev–Trinajstić information content (AvgIpc) is 1.76. The number of hydrogen-bond donors (Lipinski definition) is 9. The molecule has 17 heteroatoms. The molecule has 0 spiro atoms. The van der Waals surface area contributed by atoms with Gasteiger partial charge in [-0.2, -0.15) is 0 Å². The lowest BCUT2D eigenvalue weighted by Crippen LogP contribution is -1.38. The molecule has 112 valence electrons. The molecular formula is H15NO12P4. The third-order valence-corrected chi connectivity index (χ3v) is 0. The molecule has 0 aliphatic carbocycles. The minimum absolute atomic E-state index is 0. The van der Waals surface area contributed by atoms with Gasteiger partial charge in [0.25, 0.3) is 0 Å². The van der Waals surface area contributed by atoms with Gasteiger partial charge in [0.1, 0.15) is 0 Å². The van der Waals surface area contributed by atoms with E-state index < -0.39 is 33.0 Å². The van der Waals surface area contributed by atoms with Crippen molar-refractivity contribution in [1.82, 2.24) is 6.15 Å². The first-order valence-corrected chi connectivity index (χ1v) is 7.82. The molecule has 0 unspecified atom stereocenters. The molecule has 13 nitrogen and oxygen atoms in total. The first kappa shape index (κ1) is 30.5. The van der Waals surface area contributed by atoms with E-state index in [0.717, 1.165) is 0 Å². The van der Waals surface area contributed by atoms with Gasteiger partial charge in [0.15, 0.2) is 0 Å². The SMILES string of the molecule is N.O=[PH](O)O.O=[PH](O)O.O=[PH](O)O.O=[PH](O)O. The first-order valence-electron chi connectivity index (χ1n) is 2.61. The molecule has 0 aromatic rings. The van der Waals surface area contributed by atoms with Crippen LogP contribution in [0.15, 0.2) is 0 Å². The van der Waals surface area contributed by atoms with Gasteiger partial charge in [0.2, 0.25) is 0 Å². The van der Waals surface area contributed by atoms with Gasteiger partial charge < -0.3 is 45.3 Å². The minimum Gasteiger partial charge on any atom is -0.344 e. The van der Waals surface area contributed by atoms with Crippen LogP contribution in [0.4, 0.5) is 0 Å². The van der Waals surface area contributed by atoms with E-state index in [-0.39, 0.29) is 6.15 Å². The average molecular weight is 345 g/mol. The molecule has 0 fully saturated rings. The maximum absolute atomic E-state index is 8.74. The molecule has 11 N–H and O–H groups in total. The highest BCUT2D eigenvalue weighted by molar-refractivity contribution is 7.31. The summed E-state index contributed by atoms with van der Waals surface area (Å²) < 4.78 is 35.0. The zero-order valence-electron chi connectivity index (χ0n) is 7.92. The van der Waals surface area contributed by atoms with E-state index in [1.807, 2.05) is 0 Å². The standard InChI is InChI=1S/H3N.4H3O3P/c;4*1-4(2)3/h1H3;4*4H,(H2,1,2,3). The fraction of sp³-hybridized carbons (Fsp3) is 0. The Bertz CT molecular complexity index is 159. The van der Waals surface area contributed by atoms with Crippen LogP contribution in [0.1, 0.15) is 0 Å². The van der Waals surface area contributed by atoms with Crippen LogP contribution < -0.4 is 6.15 Å². The van der Waals surface area contributed by atoms with E-state index in [2.05, 4.69) is 0 Å². The summed E-state index contributed by atoms with van der Waals surface area (Å²) in [5.41, 5.74) is 0. The lowest BCUT2D eigenvalue weighted by Gasteiger charge is -1.61. The van der Waals surface area contributed by atoms with E-state index in [1.54, 1.807) is 0 Å². The Morgan fingerprint density at radius 1 is 0.412 bits per heavy atom. The summed E-state index contributed by atoms with van der Waals surface area (Å²) in [5.74, 6) is 0. The van der Waals surface area contributed by atoms with Gasteiger partial charge in [-0.3, -0.25) is 18.3 Å². The van der Waals surface area contributed by atoms with Crippen molar-refractivity contribution < 1.29 is 57.4 Å². The van der Waals surface area contributed by atoms with Crippen molar-refractivity contribution in [2.45, 2.75) is 0 Å². The van der Waals surface area contributed by atoms with Crippen LogP contribution in [0.25, 0.3) is 0 Å². The van der Waals surface area contributed by atoms with Gasteiger partial charge in [-0.15, -0.1) is 0 Å². The topological polar surface area (TPSA) is 265 Å². The molecule has 17 heavy (non-hydrogen) atoms. The predicted molar refractivity (Wildman–Crippen MR) is 58.8 cm³/mol. The summed E-state index contributed by atoms with van der Waals surface area (Å²) in [6.45, 7) is 0. The van der Waals surface area contributed by atoms with Gasteiger partial charge in [0, 0.05) is 0 Å². The van der Waals surface area contributed by atoms with Crippen molar-refractivity contribution in [3.05, 3.63) is 0 Å². The molecular weight excluding hydrogens is 330 g/mol. The Balaban J connectivity index is -0.0000000369. The lowest BCUT2D eigenvalue weighted by atomic mass is 14.0. The van der Waals surface area contributed by atoms with E-state index in [9.17, 15) is 0 Å². The van der Waals surface area contributed by atoms with E-state index in [1.165, 1.54) is 0 Å². The zero-order valence-corrected chi connectivity index (χ0v) is 11.9. The summed E-state index contributed by atoms with van der Waals surface area (Å²) >= 11 is 0. The Hall–Kier alpha value is 0.560. The van der Waals surface area contributed by atoms with Crippen LogP contribution in [0, 0.1) is 0 Å². The third-order valence-electron chi connectivity index (χ3n) is 0. The maximum atomic E-state index is 8.74. The van der Waals surface area contributed by atoms with Crippen LogP contribution in [0.5, 0.6) is 0 Å². The normalized spacial score (nSPS) is 8.24. The molecule has 0 aliphatic rings. The van der Waals surface area contributed by atoms with Crippen molar-refractivity contribution in [2.24, 2.45) is 0 Å². The summed E-state index contributed by atoms with van der Waals surface area (Å²) in [7, 11) is -12.5. The van der Waals surface area contributed by atoms with Crippen molar-refractivity contribution in [2.75, 3.05) is 0 Å². The summed E-state index contributed by atoms with van der Waals surface area (Å²) in [6, 6.07) is 0. The number of hydrogen-bond acceptors (Lipinski definition) is 5. The molecule has 0 bridgehead atoms. The van der Waals surface area contributed by atoms with Crippen molar-refractivity contribution in [3.63, 3.8) is 0 Å². The van der Waals surface area contributed by atoms with Crippen molar-refractivity contribution in [3.8, 4) is 0 Å². The summed E-state index contributed by atoms with van der Waals surface area (Å²) in [4.78, 5) is 57.3. The monoisotopic (exact) mass is 345 g/mol. The Morgan fingerprint density at radius 3 is 0.412 bits per heavy atom. The Labute approximate surface area is 97.4 Å². The van der Waals surface area contributed by atoms with Gasteiger partial charge in [-0.1, -0.05) is 0 Å². The predicted octanol–water partition coefficient (Wildman–Crippen LogP) is -2.40. The molecule has 0 aromatic carbocycles. The maximum Gasteiger partial charge on any atom is 0.314 e. The molecule has 0 radical (unpaired) electrons. The van der Waals surface area contributed by atoms with E-state index in [4.69, 9.17) is 57.4 Å². The van der Waals surface area contributed by atoms with Crippen LogP contribution in [0.3, 0.4) is 0 Å². The molecule has 0 aromatic heterocycles. The first-order chi connectivity index (χ1) is 6.93. The quantitative estimate of drug-likeness (QED) is 0.207. The summed E-state index contributed by atoms with van der Waals surface area (Å²) in [6.07, 6.45) is 0. The van der Waals surface area contributed by atoms with Crippen molar-refractivity contribution >= 4 is 33.0 Å². The van der Waals surface area contributed by atoms with Gasteiger partial charge in [0.05, 0.1) is 0 Å². The van der Waals surface area contributed by atoms with E-state index in [0.29, 0.717) is 0 Å². The molecule has 0 amide bonds. The van der Waals surface area contributed by atoms with Crippen LogP contribution in [0.2, 0.25) is 0 Å². The molecule has 0 aliphatic heterocycles. The largest absolute Gasteiger partial charge is 0.344 e. The fourth-order valence-corrected chi connectivity index (χ4v) is 0. The summed E-state index contributed by atoms with van der Waals surface area (Å²) in [5, 5.41) is 0. The highest BCUT2D eigenvalue weighted by Crippen LogP contribution is 1.99. The van der Waals surface area contributed by atoms with Gasteiger partial charge >= 0.3 is 33.0 Å². The number of rotatable bonds is 0. The highest BCUT2D eigenvalue weighted by Gasteiger charge is 1.62. The van der Waals surface area contributed by atoms with Crippen molar-refractivity contribution in [1.29, 1.82) is 0 Å².